The van der Waals surface area contributed by atoms with Gasteiger partial charge in [-0.25, -0.2) is 4.98 Å². The van der Waals surface area contributed by atoms with E-state index in [0.29, 0.717) is 21.3 Å². The number of pyridine rings is 1. The van der Waals surface area contributed by atoms with Gasteiger partial charge in [-0.3, -0.25) is 0 Å². The maximum absolute atomic E-state index is 6.18. The molecule has 1 aromatic heterocycles. The first-order valence-corrected chi connectivity index (χ1v) is 5.77. The number of hydrogen-bond donors (Lipinski definition) is 1. The number of benzene rings is 1. The van der Waals surface area contributed by atoms with Crippen LogP contribution in [-0.2, 0) is 0 Å². The van der Waals surface area contributed by atoms with Gasteiger partial charge in [0.2, 0.25) is 0 Å². The Bertz CT molecular complexity index is 613. The standard InChI is InChI=1S/C12H11ClN2OS/c1-6-5-7(12(14)17)10-8(13)3-4-9(16-2)11(10)15-6/h3-5H,1-2H3,(H2,14,17). The first-order valence-electron chi connectivity index (χ1n) is 4.98. The SMILES string of the molecule is COc1ccc(Cl)c2c(C(N)=S)cc(C)nc12. The molecule has 17 heavy (non-hydrogen) atoms. The van der Waals surface area contributed by atoms with Gasteiger partial charge >= 0.3 is 0 Å². The number of nitrogens with two attached hydrogens (primary N) is 1. The van der Waals surface area contributed by atoms with Crippen molar-refractivity contribution in [3.05, 3.63) is 34.5 Å². The Balaban J connectivity index is 2.97. The zero-order valence-corrected chi connectivity index (χ0v) is 11.0. The number of aryl methyl sites for hydroxylation is 1. The number of halogens is 1. The number of ether oxygens (including phenoxy) is 1. The molecule has 2 N–H and O–H groups in total. The average Bonchev–Trinajstić information content (AvgIpc) is 2.28. The van der Waals surface area contributed by atoms with E-state index in [1.54, 1.807) is 19.2 Å². The maximum atomic E-state index is 6.18. The summed E-state index contributed by atoms with van der Waals surface area (Å²) >= 11 is 11.2. The fourth-order valence-electron chi connectivity index (χ4n) is 1.76. The highest BCUT2D eigenvalue weighted by molar-refractivity contribution is 7.80. The molecule has 0 saturated carbocycles. The Hall–Kier alpha value is -1.39. The van der Waals surface area contributed by atoms with Crippen molar-refractivity contribution in [2.24, 2.45) is 5.73 Å². The summed E-state index contributed by atoms with van der Waals surface area (Å²) in [6, 6.07) is 5.36. The molecule has 0 bridgehead atoms. The zero-order chi connectivity index (χ0) is 12.6. The Labute approximate surface area is 110 Å². The van der Waals surface area contributed by atoms with Gasteiger partial charge in [0.25, 0.3) is 0 Å². The number of rotatable bonds is 2. The van der Waals surface area contributed by atoms with Crippen molar-refractivity contribution in [2.45, 2.75) is 6.92 Å². The molecule has 2 rings (SSSR count). The molecule has 0 atom stereocenters. The van der Waals surface area contributed by atoms with Crippen LogP contribution in [0.1, 0.15) is 11.3 Å². The Morgan fingerprint density at radius 1 is 1.47 bits per heavy atom. The van der Waals surface area contributed by atoms with Crippen molar-refractivity contribution in [3.63, 3.8) is 0 Å². The van der Waals surface area contributed by atoms with Crippen molar-refractivity contribution in [1.29, 1.82) is 0 Å². The molecule has 1 heterocycles. The Kier molecular flexibility index (Phi) is 3.17. The molecule has 0 aliphatic carbocycles. The normalized spacial score (nSPS) is 10.5. The quantitative estimate of drug-likeness (QED) is 0.849. The van der Waals surface area contributed by atoms with E-state index < -0.39 is 0 Å². The van der Waals surface area contributed by atoms with E-state index >= 15 is 0 Å². The minimum atomic E-state index is 0.302. The van der Waals surface area contributed by atoms with Gasteiger partial charge in [-0.2, -0.15) is 0 Å². The van der Waals surface area contributed by atoms with Crippen LogP contribution in [0.2, 0.25) is 5.02 Å². The van der Waals surface area contributed by atoms with Crippen LogP contribution in [0.4, 0.5) is 0 Å². The zero-order valence-electron chi connectivity index (χ0n) is 9.45. The average molecular weight is 267 g/mol. The third-order valence-electron chi connectivity index (χ3n) is 2.49. The second-order valence-corrected chi connectivity index (χ2v) is 4.50. The molecule has 0 amide bonds. The van der Waals surface area contributed by atoms with E-state index in [1.165, 1.54) is 0 Å². The Morgan fingerprint density at radius 2 is 2.18 bits per heavy atom. The van der Waals surface area contributed by atoms with E-state index in [4.69, 9.17) is 34.3 Å². The largest absolute Gasteiger partial charge is 0.494 e. The van der Waals surface area contributed by atoms with Crippen LogP contribution in [-0.4, -0.2) is 17.1 Å². The van der Waals surface area contributed by atoms with Gasteiger partial charge in [0.1, 0.15) is 16.3 Å². The number of hydrogen-bond acceptors (Lipinski definition) is 3. The summed E-state index contributed by atoms with van der Waals surface area (Å²) in [5, 5.41) is 1.31. The number of nitrogens with zero attached hydrogens (tertiary/aromatic N) is 1. The van der Waals surface area contributed by atoms with Gasteiger partial charge < -0.3 is 10.5 Å². The van der Waals surface area contributed by atoms with Crippen molar-refractivity contribution in [3.8, 4) is 5.75 Å². The number of methoxy groups -OCH3 is 1. The van der Waals surface area contributed by atoms with Crippen molar-refractivity contribution in [2.75, 3.05) is 7.11 Å². The van der Waals surface area contributed by atoms with Gasteiger partial charge in [0.05, 0.1) is 12.1 Å². The summed E-state index contributed by atoms with van der Waals surface area (Å²) in [5.74, 6) is 0.658. The van der Waals surface area contributed by atoms with Crippen LogP contribution < -0.4 is 10.5 Å². The monoisotopic (exact) mass is 266 g/mol. The van der Waals surface area contributed by atoms with Crippen LogP contribution in [0.15, 0.2) is 18.2 Å². The van der Waals surface area contributed by atoms with Crippen molar-refractivity contribution in [1.82, 2.24) is 4.98 Å². The summed E-state index contributed by atoms with van der Waals surface area (Å²) in [6.07, 6.45) is 0. The lowest BCUT2D eigenvalue weighted by Crippen LogP contribution is -2.11. The minimum absolute atomic E-state index is 0.302. The molecule has 0 aliphatic heterocycles. The molecule has 0 fully saturated rings. The molecule has 0 aliphatic rings. The van der Waals surface area contributed by atoms with Gasteiger partial charge in [-0.1, -0.05) is 23.8 Å². The molecule has 1 aromatic carbocycles. The molecule has 88 valence electrons. The summed E-state index contributed by atoms with van der Waals surface area (Å²) in [4.78, 5) is 4.73. The topological polar surface area (TPSA) is 48.1 Å². The predicted octanol–water partition coefficient (Wildman–Crippen LogP) is 2.84. The minimum Gasteiger partial charge on any atom is -0.494 e. The fraction of sp³-hybridized carbons (Fsp3) is 0.167. The number of aromatic nitrogens is 1. The molecular formula is C12H11ClN2OS. The molecule has 3 nitrogen and oxygen atoms in total. The molecule has 0 radical (unpaired) electrons. The third-order valence-corrected chi connectivity index (χ3v) is 3.02. The van der Waals surface area contributed by atoms with Crippen LogP contribution in [0.3, 0.4) is 0 Å². The van der Waals surface area contributed by atoms with Gasteiger partial charge in [-0.15, -0.1) is 0 Å². The smallest absolute Gasteiger partial charge is 0.145 e. The molecule has 0 saturated heterocycles. The second-order valence-electron chi connectivity index (χ2n) is 3.65. The lowest BCUT2D eigenvalue weighted by atomic mass is 10.1. The van der Waals surface area contributed by atoms with E-state index in [2.05, 4.69) is 4.98 Å². The number of fused-ring (bicyclic) bond motifs is 1. The summed E-state index contributed by atoms with van der Waals surface area (Å²) < 4.78 is 5.27. The summed E-state index contributed by atoms with van der Waals surface area (Å²) in [7, 11) is 1.59. The highest BCUT2D eigenvalue weighted by atomic mass is 35.5. The first-order chi connectivity index (χ1) is 8.04. The van der Waals surface area contributed by atoms with Gasteiger partial charge in [0, 0.05) is 16.6 Å². The highest BCUT2D eigenvalue weighted by Gasteiger charge is 2.13. The highest BCUT2D eigenvalue weighted by Crippen LogP contribution is 2.32. The first kappa shape index (κ1) is 12.1. The molecule has 2 aromatic rings. The fourth-order valence-corrected chi connectivity index (χ4v) is 2.18. The lowest BCUT2D eigenvalue weighted by Gasteiger charge is -2.11. The van der Waals surface area contributed by atoms with E-state index in [9.17, 15) is 0 Å². The van der Waals surface area contributed by atoms with E-state index in [-0.39, 0.29) is 0 Å². The second kappa shape index (κ2) is 4.47. The molecule has 0 unspecified atom stereocenters. The third kappa shape index (κ3) is 2.06. The molecule has 5 heteroatoms. The lowest BCUT2D eigenvalue weighted by molar-refractivity contribution is 0.419. The van der Waals surface area contributed by atoms with Gasteiger partial charge in [-0.05, 0) is 25.1 Å². The Morgan fingerprint density at radius 3 is 2.76 bits per heavy atom. The van der Waals surface area contributed by atoms with Crippen LogP contribution in [0.5, 0.6) is 5.75 Å². The number of thiocarbonyl (C=S) groups is 1. The van der Waals surface area contributed by atoms with Crippen molar-refractivity contribution < 1.29 is 4.74 Å². The summed E-state index contributed by atoms with van der Waals surface area (Å²) in [5.41, 5.74) is 7.94. The van der Waals surface area contributed by atoms with Gasteiger partial charge in [0.15, 0.2) is 0 Å². The van der Waals surface area contributed by atoms with Crippen LogP contribution >= 0.6 is 23.8 Å². The van der Waals surface area contributed by atoms with E-state index in [1.807, 2.05) is 13.0 Å². The van der Waals surface area contributed by atoms with Crippen LogP contribution in [0.25, 0.3) is 10.9 Å². The molecular weight excluding hydrogens is 256 g/mol. The maximum Gasteiger partial charge on any atom is 0.145 e. The van der Waals surface area contributed by atoms with Crippen LogP contribution in [0, 0.1) is 6.92 Å². The van der Waals surface area contributed by atoms with E-state index in [0.717, 1.165) is 16.6 Å². The predicted molar refractivity (Wildman–Crippen MR) is 73.9 cm³/mol. The van der Waals surface area contributed by atoms with Crippen molar-refractivity contribution >= 4 is 39.7 Å². The summed E-state index contributed by atoms with van der Waals surface area (Å²) in [6.45, 7) is 1.88. The molecule has 0 spiro atoms.